The van der Waals surface area contributed by atoms with Crippen LogP contribution in [0.15, 0.2) is 59.5 Å². The molecule has 112 valence electrons. The van der Waals surface area contributed by atoms with Gasteiger partial charge in [0.15, 0.2) is 11.6 Å². The SMILES string of the molecule is CC(=O)C1=S(c2ccccc2)[C@@H](c2ccc(Cl)cc2)CC1=O. The van der Waals surface area contributed by atoms with Crippen LogP contribution in [0.25, 0.3) is 0 Å². The van der Waals surface area contributed by atoms with Gasteiger partial charge in [-0.2, -0.15) is 0 Å². The summed E-state index contributed by atoms with van der Waals surface area (Å²) in [6, 6.07) is 17.4. The molecule has 2 aromatic rings. The largest absolute Gasteiger partial charge is 0.294 e. The Balaban J connectivity index is 2.17. The van der Waals surface area contributed by atoms with Gasteiger partial charge in [-0.05, 0) is 36.8 Å². The number of hydrogen-bond acceptors (Lipinski definition) is 2. The Bertz CT molecular complexity index is 763. The van der Waals surface area contributed by atoms with Crippen LogP contribution in [0.5, 0.6) is 0 Å². The first kappa shape index (κ1) is 15.2. The Hall–Kier alpha value is -1.71. The number of carbonyl (C=O) groups is 2. The van der Waals surface area contributed by atoms with Gasteiger partial charge in [0, 0.05) is 21.6 Å². The first-order valence-corrected chi connectivity index (χ1v) is 8.69. The van der Waals surface area contributed by atoms with Crippen molar-refractivity contribution >= 4 is 38.5 Å². The Morgan fingerprint density at radius 1 is 1.09 bits per heavy atom. The lowest BCUT2D eigenvalue weighted by Crippen LogP contribution is -2.16. The van der Waals surface area contributed by atoms with E-state index in [0.717, 1.165) is 10.5 Å². The molecule has 2 nitrogen and oxygen atoms in total. The second-order valence-electron chi connectivity index (χ2n) is 5.20. The minimum Gasteiger partial charge on any atom is -0.294 e. The van der Waals surface area contributed by atoms with E-state index in [-0.39, 0.29) is 16.8 Å². The summed E-state index contributed by atoms with van der Waals surface area (Å²) in [7, 11) is -0.510. The van der Waals surface area contributed by atoms with Crippen LogP contribution < -0.4 is 0 Å². The standard InChI is InChI=1S/C18H15ClO2S/c1-12(20)18-16(21)11-17(13-7-9-14(19)10-8-13)22(18)15-5-3-2-4-6-15/h2-10,17H,11H2,1H3/t17-,22?/m1/s1. The summed E-state index contributed by atoms with van der Waals surface area (Å²) in [6.07, 6.45) is 0.383. The van der Waals surface area contributed by atoms with Crippen LogP contribution in [-0.2, 0) is 9.59 Å². The molecule has 0 bridgehead atoms. The summed E-state index contributed by atoms with van der Waals surface area (Å²) in [6.45, 7) is 1.49. The summed E-state index contributed by atoms with van der Waals surface area (Å²) in [5.74, 6) is -0.145. The van der Waals surface area contributed by atoms with Gasteiger partial charge in [0.05, 0.1) is 4.86 Å². The highest BCUT2D eigenvalue weighted by molar-refractivity contribution is 8.18. The lowest BCUT2D eigenvalue weighted by molar-refractivity contribution is -0.115. The molecule has 0 fully saturated rings. The molecular formula is C18H15ClO2S. The van der Waals surface area contributed by atoms with E-state index in [1.807, 2.05) is 54.6 Å². The fraction of sp³-hybridized carbons (Fsp3) is 0.167. The second kappa shape index (κ2) is 6.19. The van der Waals surface area contributed by atoms with Crippen LogP contribution in [0.4, 0.5) is 0 Å². The Morgan fingerprint density at radius 2 is 1.73 bits per heavy atom. The molecule has 1 unspecified atom stereocenters. The molecule has 0 aliphatic carbocycles. The molecule has 0 saturated heterocycles. The van der Waals surface area contributed by atoms with Crippen molar-refractivity contribution < 1.29 is 9.59 Å². The van der Waals surface area contributed by atoms with Crippen molar-refractivity contribution in [2.24, 2.45) is 0 Å². The topological polar surface area (TPSA) is 34.1 Å². The van der Waals surface area contributed by atoms with E-state index in [1.54, 1.807) is 0 Å². The molecule has 0 aromatic heterocycles. The first-order valence-electron chi connectivity index (χ1n) is 7.02. The number of halogens is 1. The number of rotatable bonds is 3. The molecule has 4 heteroatoms. The second-order valence-corrected chi connectivity index (χ2v) is 7.76. The van der Waals surface area contributed by atoms with Crippen LogP contribution in [-0.4, -0.2) is 16.4 Å². The summed E-state index contributed by atoms with van der Waals surface area (Å²) < 4.78 is 0. The van der Waals surface area contributed by atoms with Gasteiger partial charge in [0.25, 0.3) is 0 Å². The van der Waals surface area contributed by atoms with Gasteiger partial charge in [0.1, 0.15) is 0 Å². The van der Waals surface area contributed by atoms with Gasteiger partial charge in [-0.1, -0.05) is 41.9 Å². The maximum absolute atomic E-state index is 12.4. The molecule has 1 heterocycles. The quantitative estimate of drug-likeness (QED) is 0.779. The summed E-state index contributed by atoms with van der Waals surface area (Å²) in [5, 5.41) is 0.689. The molecule has 0 radical (unpaired) electrons. The lowest BCUT2D eigenvalue weighted by atomic mass is 10.1. The van der Waals surface area contributed by atoms with E-state index in [2.05, 4.69) is 0 Å². The molecule has 1 aliphatic rings. The zero-order valence-corrected chi connectivity index (χ0v) is 13.7. The molecule has 3 rings (SSSR count). The lowest BCUT2D eigenvalue weighted by Gasteiger charge is -2.17. The predicted octanol–water partition coefficient (Wildman–Crippen LogP) is 4.44. The van der Waals surface area contributed by atoms with E-state index in [1.165, 1.54) is 6.92 Å². The average molecular weight is 331 g/mol. The van der Waals surface area contributed by atoms with Crippen molar-refractivity contribution in [3.8, 4) is 0 Å². The van der Waals surface area contributed by atoms with Crippen LogP contribution in [0, 0.1) is 0 Å². The third-order valence-corrected chi connectivity index (χ3v) is 6.68. The Labute approximate surface area is 137 Å². The fourth-order valence-corrected chi connectivity index (χ4v) is 5.55. The monoisotopic (exact) mass is 330 g/mol. The van der Waals surface area contributed by atoms with Crippen molar-refractivity contribution in [3.63, 3.8) is 0 Å². The van der Waals surface area contributed by atoms with E-state index in [4.69, 9.17) is 11.6 Å². The van der Waals surface area contributed by atoms with Gasteiger partial charge >= 0.3 is 0 Å². The molecule has 0 spiro atoms. The molecule has 1 aliphatic heterocycles. The van der Waals surface area contributed by atoms with Crippen molar-refractivity contribution in [2.75, 3.05) is 0 Å². The summed E-state index contributed by atoms with van der Waals surface area (Å²) in [5.41, 5.74) is 1.06. The Kier molecular flexibility index (Phi) is 4.27. The highest BCUT2D eigenvalue weighted by Crippen LogP contribution is 2.50. The van der Waals surface area contributed by atoms with Gasteiger partial charge < -0.3 is 0 Å². The molecule has 2 aromatic carbocycles. The highest BCUT2D eigenvalue weighted by atomic mass is 35.5. The molecule has 0 amide bonds. The van der Waals surface area contributed by atoms with E-state index < -0.39 is 10.5 Å². The predicted molar refractivity (Wildman–Crippen MR) is 91.8 cm³/mol. The third-order valence-electron chi connectivity index (χ3n) is 3.69. The highest BCUT2D eigenvalue weighted by Gasteiger charge is 2.35. The van der Waals surface area contributed by atoms with Gasteiger partial charge in [-0.3, -0.25) is 9.59 Å². The van der Waals surface area contributed by atoms with Crippen LogP contribution >= 0.6 is 22.1 Å². The summed E-state index contributed by atoms with van der Waals surface area (Å²) in [4.78, 5) is 25.9. The number of benzene rings is 2. The molecule has 0 saturated carbocycles. The fourth-order valence-electron chi connectivity index (χ4n) is 2.74. The van der Waals surface area contributed by atoms with Gasteiger partial charge in [0.2, 0.25) is 0 Å². The van der Waals surface area contributed by atoms with E-state index >= 15 is 0 Å². The van der Waals surface area contributed by atoms with Crippen LogP contribution in [0.3, 0.4) is 0 Å². The zero-order valence-electron chi connectivity index (χ0n) is 12.1. The molecular weight excluding hydrogens is 316 g/mol. The molecule has 22 heavy (non-hydrogen) atoms. The van der Waals surface area contributed by atoms with Crippen molar-refractivity contribution in [1.29, 1.82) is 0 Å². The minimum atomic E-state index is -0.510. The van der Waals surface area contributed by atoms with Crippen molar-refractivity contribution in [3.05, 3.63) is 65.2 Å². The molecule has 0 N–H and O–H groups in total. The number of Topliss-reactive ketones (excluding diaryl/α,β-unsaturated/α-hetero) is 2. The smallest absolute Gasteiger partial charge is 0.173 e. The maximum atomic E-state index is 12.4. The van der Waals surface area contributed by atoms with Gasteiger partial charge in [-0.25, -0.2) is 0 Å². The number of hydrogen-bond donors (Lipinski definition) is 0. The zero-order chi connectivity index (χ0) is 15.7. The first-order chi connectivity index (χ1) is 10.6. The molecule has 2 atom stereocenters. The number of carbonyl (C=O) groups excluding carboxylic acids is 2. The average Bonchev–Trinajstić information content (AvgIpc) is 2.86. The van der Waals surface area contributed by atoms with Crippen LogP contribution in [0.2, 0.25) is 5.02 Å². The van der Waals surface area contributed by atoms with E-state index in [9.17, 15) is 9.59 Å². The van der Waals surface area contributed by atoms with Crippen molar-refractivity contribution in [2.45, 2.75) is 23.5 Å². The van der Waals surface area contributed by atoms with E-state index in [0.29, 0.717) is 16.3 Å². The summed E-state index contributed by atoms with van der Waals surface area (Å²) >= 11 is 5.96. The Morgan fingerprint density at radius 3 is 2.32 bits per heavy atom. The minimum absolute atomic E-state index is 0.0195. The van der Waals surface area contributed by atoms with Crippen LogP contribution in [0.1, 0.15) is 24.2 Å². The number of ketones is 2. The van der Waals surface area contributed by atoms with Gasteiger partial charge in [-0.15, -0.1) is 10.5 Å². The maximum Gasteiger partial charge on any atom is 0.173 e. The van der Waals surface area contributed by atoms with Crippen molar-refractivity contribution in [1.82, 2.24) is 0 Å². The third kappa shape index (κ3) is 2.79. The normalized spacial score (nSPS) is 21.2.